The first-order chi connectivity index (χ1) is 5.88. The van der Waals surface area contributed by atoms with Crippen molar-refractivity contribution in [1.29, 1.82) is 0 Å². The summed E-state index contributed by atoms with van der Waals surface area (Å²) in [6.07, 6.45) is 0. The number of hydrogen-bond acceptors (Lipinski definition) is 3. The molecular weight excluding hydrogens is 154 g/mol. The van der Waals surface area contributed by atoms with Crippen LogP contribution in [0.4, 0.5) is 5.69 Å². The summed E-state index contributed by atoms with van der Waals surface area (Å²) in [7, 11) is 1.57. The molecule has 0 atom stereocenters. The Morgan fingerprint density at radius 3 is 2.42 bits per heavy atom. The number of benzene rings is 1. The number of rotatable bonds is 4. The minimum absolute atomic E-state index is 0.586. The molecule has 1 rings (SSSR count). The number of para-hydroxylation sites is 1. The van der Waals surface area contributed by atoms with E-state index in [2.05, 4.69) is 0 Å². The number of hydrogen-bond donors (Lipinski definition) is 0. The molecule has 1 aromatic rings. The van der Waals surface area contributed by atoms with Crippen LogP contribution in [0.2, 0.25) is 0 Å². The minimum atomic E-state index is 0.586. The summed E-state index contributed by atoms with van der Waals surface area (Å²) in [5.41, 5.74) is 0.891. The Balaban J connectivity index is 2.66. The molecule has 0 aromatic heterocycles. The smallest absolute Gasteiger partial charge is 0.0947 e. The van der Waals surface area contributed by atoms with Gasteiger partial charge in [0.2, 0.25) is 0 Å². The van der Waals surface area contributed by atoms with Crippen molar-refractivity contribution in [3.8, 4) is 0 Å². The van der Waals surface area contributed by atoms with Crippen molar-refractivity contribution < 1.29 is 9.68 Å². The van der Waals surface area contributed by atoms with E-state index in [1.165, 1.54) is 5.23 Å². The van der Waals surface area contributed by atoms with Crippen LogP contribution in [0.15, 0.2) is 30.3 Å². The SMILES string of the molecule is CCON(OC)c1ccccc1. The van der Waals surface area contributed by atoms with E-state index < -0.39 is 0 Å². The lowest BCUT2D eigenvalue weighted by Gasteiger charge is -2.19. The van der Waals surface area contributed by atoms with Crippen molar-refractivity contribution in [2.75, 3.05) is 18.9 Å². The van der Waals surface area contributed by atoms with Crippen LogP contribution in [0.5, 0.6) is 0 Å². The summed E-state index contributed by atoms with van der Waals surface area (Å²) in [5.74, 6) is 0. The molecule has 12 heavy (non-hydrogen) atoms. The molecule has 0 saturated carbocycles. The van der Waals surface area contributed by atoms with Crippen molar-refractivity contribution in [3.63, 3.8) is 0 Å². The maximum absolute atomic E-state index is 5.19. The molecule has 0 N–H and O–H groups in total. The minimum Gasteiger partial charge on any atom is -0.252 e. The highest BCUT2D eigenvalue weighted by Crippen LogP contribution is 2.12. The molecule has 0 fully saturated rings. The highest BCUT2D eigenvalue weighted by atomic mass is 16.9. The average molecular weight is 167 g/mol. The molecule has 3 heteroatoms. The normalized spacial score (nSPS) is 9.83. The lowest BCUT2D eigenvalue weighted by atomic mass is 10.3. The molecule has 0 aliphatic heterocycles. The Morgan fingerprint density at radius 1 is 1.25 bits per heavy atom. The third-order valence-electron chi connectivity index (χ3n) is 1.38. The molecule has 1 aromatic carbocycles. The van der Waals surface area contributed by atoms with Crippen molar-refractivity contribution in [1.82, 2.24) is 0 Å². The van der Waals surface area contributed by atoms with Gasteiger partial charge in [-0.25, -0.2) is 4.84 Å². The second-order valence-electron chi connectivity index (χ2n) is 2.19. The zero-order valence-corrected chi connectivity index (χ0v) is 7.36. The van der Waals surface area contributed by atoms with Gasteiger partial charge < -0.3 is 0 Å². The lowest BCUT2D eigenvalue weighted by Crippen LogP contribution is -2.21. The second-order valence-corrected chi connectivity index (χ2v) is 2.19. The summed E-state index contributed by atoms with van der Waals surface area (Å²) in [6, 6.07) is 9.64. The van der Waals surface area contributed by atoms with Crippen LogP contribution < -0.4 is 5.23 Å². The van der Waals surface area contributed by atoms with E-state index in [1.807, 2.05) is 37.3 Å². The first-order valence-electron chi connectivity index (χ1n) is 3.90. The van der Waals surface area contributed by atoms with Crippen molar-refractivity contribution in [2.24, 2.45) is 0 Å². The first-order valence-corrected chi connectivity index (χ1v) is 3.90. The van der Waals surface area contributed by atoms with Crippen molar-refractivity contribution in [3.05, 3.63) is 30.3 Å². The van der Waals surface area contributed by atoms with E-state index in [0.717, 1.165) is 5.69 Å². The van der Waals surface area contributed by atoms with E-state index in [1.54, 1.807) is 7.11 Å². The Labute approximate surface area is 72.4 Å². The molecule has 0 aliphatic carbocycles. The number of anilines is 1. The fourth-order valence-corrected chi connectivity index (χ4v) is 0.900. The zero-order chi connectivity index (χ0) is 8.81. The van der Waals surface area contributed by atoms with Crippen LogP contribution in [0, 0.1) is 0 Å². The molecular formula is C9H13NO2. The fraction of sp³-hybridized carbons (Fsp3) is 0.333. The van der Waals surface area contributed by atoms with Gasteiger partial charge in [-0.2, -0.15) is 0 Å². The van der Waals surface area contributed by atoms with Crippen LogP contribution in [-0.2, 0) is 9.68 Å². The Kier molecular flexibility index (Phi) is 3.57. The fourth-order valence-electron chi connectivity index (χ4n) is 0.900. The third-order valence-corrected chi connectivity index (χ3v) is 1.38. The quantitative estimate of drug-likeness (QED) is 0.640. The molecule has 0 aliphatic rings. The predicted octanol–water partition coefficient (Wildman–Crippen LogP) is 2.01. The van der Waals surface area contributed by atoms with Gasteiger partial charge in [0.15, 0.2) is 0 Å². The van der Waals surface area contributed by atoms with E-state index in [4.69, 9.17) is 9.68 Å². The summed E-state index contributed by atoms with van der Waals surface area (Å²) in [5, 5.41) is 1.39. The van der Waals surface area contributed by atoms with Gasteiger partial charge in [0.1, 0.15) is 0 Å². The first kappa shape index (κ1) is 9.03. The van der Waals surface area contributed by atoms with Crippen LogP contribution in [0.3, 0.4) is 0 Å². The maximum Gasteiger partial charge on any atom is 0.0947 e. The molecule has 0 amide bonds. The standard InChI is InChI=1S/C9H13NO2/c1-3-12-10(11-2)9-7-5-4-6-8-9/h4-8H,3H2,1-2H3. The highest BCUT2D eigenvalue weighted by Gasteiger charge is 2.02. The maximum atomic E-state index is 5.19. The molecule has 3 nitrogen and oxygen atoms in total. The largest absolute Gasteiger partial charge is 0.252 e. The van der Waals surface area contributed by atoms with Crippen LogP contribution >= 0.6 is 0 Å². The second kappa shape index (κ2) is 4.74. The molecule has 66 valence electrons. The highest BCUT2D eigenvalue weighted by molar-refractivity contribution is 5.40. The van der Waals surface area contributed by atoms with E-state index in [0.29, 0.717) is 6.61 Å². The van der Waals surface area contributed by atoms with Crippen LogP contribution in [0.25, 0.3) is 0 Å². The van der Waals surface area contributed by atoms with Gasteiger partial charge in [-0.1, -0.05) is 18.2 Å². The van der Waals surface area contributed by atoms with Crippen molar-refractivity contribution >= 4 is 5.69 Å². The Bertz CT molecular complexity index is 213. The van der Waals surface area contributed by atoms with Gasteiger partial charge in [-0.3, -0.25) is 4.84 Å². The molecule has 0 bridgehead atoms. The summed E-state index contributed by atoms with van der Waals surface area (Å²) in [4.78, 5) is 10.2. The topological polar surface area (TPSA) is 21.7 Å². The summed E-state index contributed by atoms with van der Waals surface area (Å²) >= 11 is 0. The van der Waals surface area contributed by atoms with E-state index in [9.17, 15) is 0 Å². The molecule has 0 spiro atoms. The third kappa shape index (κ3) is 2.22. The van der Waals surface area contributed by atoms with E-state index in [-0.39, 0.29) is 0 Å². The van der Waals surface area contributed by atoms with Crippen LogP contribution in [0.1, 0.15) is 6.92 Å². The van der Waals surface area contributed by atoms with Gasteiger partial charge in [0.05, 0.1) is 19.4 Å². The van der Waals surface area contributed by atoms with Gasteiger partial charge in [-0.15, -0.1) is 5.23 Å². The zero-order valence-electron chi connectivity index (χ0n) is 7.36. The molecule has 0 radical (unpaired) electrons. The monoisotopic (exact) mass is 167 g/mol. The van der Waals surface area contributed by atoms with E-state index >= 15 is 0 Å². The van der Waals surface area contributed by atoms with Gasteiger partial charge in [0.25, 0.3) is 0 Å². The van der Waals surface area contributed by atoms with Crippen molar-refractivity contribution in [2.45, 2.75) is 6.92 Å². The molecule has 0 unspecified atom stereocenters. The Morgan fingerprint density at radius 2 is 1.92 bits per heavy atom. The summed E-state index contributed by atoms with van der Waals surface area (Å²) in [6.45, 7) is 2.50. The molecule has 0 saturated heterocycles. The predicted molar refractivity (Wildman–Crippen MR) is 47.6 cm³/mol. The Hall–Kier alpha value is -1.06. The number of nitrogens with zero attached hydrogens (tertiary/aromatic N) is 1. The van der Waals surface area contributed by atoms with Crippen LogP contribution in [-0.4, -0.2) is 13.7 Å². The molecule has 0 heterocycles. The van der Waals surface area contributed by atoms with Gasteiger partial charge >= 0.3 is 0 Å². The average Bonchev–Trinajstić information content (AvgIpc) is 2.15. The van der Waals surface area contributed by atoms with Gasteiger partial charge in [-0.05, 0) is 19.1 Å². The summed E-state index contributed by atoms with van der Waals surface area (Å²) < 4.78 is 0. The van der Waals surface area contributed by atoms with Gasteiger partial charge in [0, 0.05) is 0 Å². The lowest BCUT2D eigenvalue weighted by molar-refractivity contribution is -0.0636.